The van der Waals surface area contributed by atoms with Crippen LogP contribution in [0.3, 0.4) is 0 Å². The van der Waals surface area contributed by atoms with Crippen LogP contribution < -0.4 is 10.6 Å². The summed E-state index contributed by atoms with van der Waals surface area (Å²) in [7, 11) is 1.77. The Balaban J connectivity index is 2.23. The topological polar surface area (TPSA) is 64.3 Å². The molecule has 1 aliphatic rings. The van der Waals surface area contributed by atoms with E-state index in [1.807, 2.05) is 0 Å². The molecule has 1 fully saturated rings. The number of piperidine rings is 1. The Labute approximate surface area is 115 Å². The molecule has 2 rings (SSSR count). The van der Waals surface area contributed by atoms with Gasteiger partial charge >= 0.3 is 0 Å². The largest absolute Gasteiger partial charge is 0.384 e. The van der Waals surface area contributed by atoms with Crippen molar-refractivity contribution in [2.75, 3.05) is 37.4 Å². The van der Waals surface area contributed by atoms with E-state index in [4.69, 9.17) is 10.5 Å². The van der Waals surface area contributed by atoms with Crippen LogP contribution in [0.4, 0.5) is 11.6 Å². The molecule has 1 saturated heterocycles. The lowest BCUT2D eigenvalue weighted by Gasteiger charge is -2.34. The molecule has 5 nitrogen and oxygen atoms in total. The molecule has 19 heavy (non-hydrogen) atoms. The second-order valence-corrected chi connectivity index (χ2v) is 5.56. The van der Waals surface area contributed by atoms with Crippen molar-refractivity contribution < 1.29 is 4.74 Å². The summed E-state index contributed by atoms with van der Waals surface area (Å²) in [5, 5.41) is 0. The molecule has 1 aromatic rings. The summed E-state index contributed by atoms with van der Waals surface area (Å²) in [6.45, 7) is 7.11. The Morgan fingerprint density at radius 3 is 2.95 bits per heavy atom. The second kappa shape index (κ2) is 6.19. The highest BCUT2D eigenvalue weighted by atomic mass is 16.5. The van der Waals surface area contributed by atoms with Gasteiger partial charge in [0, 0.05) is 25.8 Å². The van der Waals surface area contributed by atoms with Crippen molar-refractivity contribution in [2.24, 2.45) is 5.92 Å². The van der Waals surface area contributed by atoms with Gasteiger partial charge in [0.1, 0.15) is 18.0 Å². The number of hydrogen-bond donors (Lipinski definition) is 1. The van der Waals surface area contributed by atoms with Crippen LogP contribution >= 0.6 is 0 Å². The monoisotopic (exact) mass is 264 g/mol. The highest BCUT2D eigenvalue weighted by Gasteiger charge is 2.24. The molecular formula is C14H24N4O. The zero-order chi connectivity index (χ0) is 13.8. The van der Waals surface area contributed by atoms with E-state index < -0.39 is 0 Å². The van der Waals surface area contributed by atoms with Crippen LogP contribution in [0.5, 0.6) is 0 Å². The molecule has 5 heteroatoms. The maximum absolute atomic E-state index is 6.02. The molecule has 1 unspecified atom stereocenters. The van der Waals surface area contributed by atoms with E-state index in [-0.39, 0.29) is 0 Å². The van der Waals surface area contributed by atoms with Crippen LogP contribution in [-0.4, -0.2) is 36.8 Å². The van der Waals surface area contributed by atoms with Crippen LogP contribution in [-0.2, 0) is 4.74 Å². The standard InChI is InChI=1S/C14H24N4O/c1-10(2)12-13(15)16-9-17-14(12)18-6-4-5-11(7-18)8-19-3/h9-11H,4-8H2,1-3H3,(H2,15,16,17). The number of rotatable bonds is 4. The molecule has 106 valence electrons. The molecule has 0 bridgehead atoms. The van der Waals surface area contributed by atoms with Gasteiger partial charge in [-0.3, -0.25) is 0 Å². The van der Waals surface area contributed by atoms with Crippen molar-refractivity contribution in [1.82, 2.24) is 9.97 Å². The van der Waals surface area contributed by atoms with Gasteiger partial charge in [0.15, 0.2) is 0 Å². The summed E-state index contributed by atoms with van der Waals surface area (Å²) in [5.41, 5.74) is 7.09. The van der Waals surface area contributed by atoms with Crippen molar-refractivity contribution in [2.45, 2.75) is 32.6 Å². The van der Waals surface area contributed by atoms with Crippen LogP contribution in [0.1, 0.15) is 38.2 Å². The Kier molecular flexibility index (Phi) is 4.58. The molecular weight excluding hydrogens is 240 g/mol. The van der Waals surface area contributed by atoms with E-state index in [9.17, 15) is 0 Å². The lowest BCUT2D eigenvalue weighted by Crippen LogP contribution is -2.38. The molecule has 0 spiro atoms. The third-order valence-electron chi connectivity index (χ3n) is 3.69. The fourth-order valence-electron chi connectivity index (χ4n) is 2.83. The Morgan fingerprint density at radius 1 is 1.47 bits per heavy atom. The van der Waals surface area contributed by atoms with Gasteiger partial charge in [-0.2, -0.15) is 0 Å². The van der Waals surface area contributed by atoms with Gasteiger partial charge in [-0.05, 0) is 24.7 Å². The number of nitrogens with two attached hydrogens (primary N) is 1. The van der Waals surface area contributed by atoms with E-state index in [2.05, 4.69) is 28.7 Å². The van der Waals surface area contributed by atoms with Gasteiger partial charge in [0.05, 0.1) is 6.61 Å². The molecule has 1 aliphatic heterocycles. The molecule has 2 N–H and O–H groups in total. The van der Waals surface area contributed by atoms with E-state index in [1.54, 1.807) is 13.4 Å². The van der Waals surface area contributed by atoms with Crippen LogP contribution in [0, 0.1) is 5.92 Å². The Morgan fingerprint density at radius 2 is 2.26 bits per heavy atom. The average Bonchev–Trinajstić information content (AvgIpc) is 2.38. The maximum atomic E-state index is 6.02. The Hall–Kier alpha value is -1.36. The average molecular weight is 264 g/mol. The number of nitrogen functional groups attached to an aromatic ring is 1. The first-order valence-corrected chi connectivity index (χ1v) is 6.97. The van der Waals surface area contributed by atoms with Gasteiger partial charge in [-0.25, -0.2) is 9.97 Å². The van der Waals surface area contributed by atoms with E-state index in [0.29, 0.717) is 17.7 Å². The summed E-state index contributed by atoms with van der Waals surface area (Å²) in [6.07, 6.45) is 3.97. The minimum atomic E-state index is 0.332. The van der Waals surface area contributed by atoms with Gasteiger partial charge in [-0.1, -0.05) is 13.8 Å². The summed E-state index contributed by atoms with van der Waals surface area (Å²) in [4.78, 5) is 10.9. The van der Waals surface area contributed by atoms with Gasteiger partial charge in [0.2, 0.25) is 0 Å². The molecule has 0 aliphatic carbocycles. The predicted octanol–water partition coefficient (Wildman–Crippen LogP) is 2.04. The SMILES string of the molecule is COCC1CCCN(c2ncnc(N)c2C(C)C)C1. The Bertz CT molecular complexity index is 420. The lowest BCUT2D eigenvalue weighted by molar-refractivity contribution is 0.143. The molecule has 2 heterocycles. The third kappa shape index (κ3) is 3.15. The number of methoxy groups -OCH3 is 1. The zero-order valence-corrected chi connectivity index (χ0v) is 12.1. The molecule has 1 atom stereocenters. The van der Waals surface area contributed by atoms with Crippen LogP contribution in [0.15, 0.2) is 6.33 Å². The molecule has 0 aromatic carbocycles. The predicted molar refractivity (Wildman–Crippen MR) is 77.3 cm³/mol. The maximum Gasteiger partial charge on any atom is 0.137 e. The molecule has 0 radical (unpaired) electrons. The van der Waals surface area contributed by atoms with E-state index in [0.717, 1.165) is 31.1 Å². The number of ether oxygens (including phenoxy) is 1. The fraction of sp³-hybridized carbons (Fsp3) is 0.714. The number of aromatic nitrogens is 2. The van der Waals surface area contributed by atoms with Crippen molar-refractivity contribution in [1.29, 1.82) is 0 Å². The third-order valence-corrected chi connectivity index (χ3v) is 3.69. The lowest BCUT2D eigenvalue weighted by atomic mass is 9.97. The van der Waals surface area contributed by atoms with Crippen molar-refractivity contribution in [3.63, 3.8) is 0 Å². The fourth-order valence-corrected chi connectivity index (χ4v) is 2.83. The normalized spacial score (nSPS) is 20.0. The highest BCUT2D eigenvalue weighted by molar-refractivity contribution is 5.58. The zero-order valence-electron chi connectivity index (χ0n) is 12.1. The van der Waals surface area contributed by atoms with Gasteiger partial charge in [-0.15, -0.1) is 0 Å². The number of nitrogens with zero attached hydrogens (tertiary/aromatic N) is 3. The van der Waals surface area contributed by atoms with Crippen molar-refractivity contribution >= 4 is 11.6 Å². The first-order valence-electron chi connectivity index (χ1n) is 6.97. The summed E-state index contributed by atoms with van der Waals surface area (Å²) in [5.74, 6) is 2.52. The van der Waals surface area contributed by atoms with Crippen molar-refractivity contribution in [3.8, 4) is 0 Å². The first kappa shape index (κ1) is 14.1. The molecule has 1 aromatic heterocycles. The first-order chi connectivity index (χ1) is 9.13. The minimum absolute atomic E-state index is 0.332. The minimum Gasteiger partial charge on any atom is -0.384 e. The summed E-state index contributed by atoms with van der Waals surface area (Å²) < 4.78 is 5.28. The van der Waals surface area contributed by atoms with Crippen LogP contribution in [0.25, 0.3) is 0 Å². The van der Waals surface area contributed by atoms with Gasteiger partial charge in [0.25, 0.3) is 0 Å². The van der Waals surface area contributed by atoms with E-state index in [1.165, 1.54) is 12.8 Å². The smallest absolute Gasteiger partial charge is 0.137 e. The van der Waals surface area contributed by atoms with Crippen LogP contribution in [0.2, 0.25) is 0 Å². The quantitative estimate of drug-likeness (QED) is 0.901. The second-order valence-electron chi connectivity index (χ2n) is 5.56. The highest BCUT2D eigenvalue weighted by Crippen LogP contribution is 2.31. The summed E-state index contributed by atoms with van der Waals surface area (Å²) in [6, 6.07) is 0. The van der Waals surface area contributed by atoms with E-state index >= 15 is 0 Å². The number of hydrogen-bond acceptors (Lipinski definition) is 5. The van der Waals surface area contributed by atoms with Gasteiger partial charge < -0.3 is 15.4 Å². The number of anilines is 2. The van der Waals surface area contributed by atoms with Crippen molar-refractivity contribution in [3.05, 3.63) is 11.9 Å². The molecule has 0 amide bonds. The summed E-state index contributed by atoms with van der Waals surface area (Å²) >= 11 is 0. The molecule has 0 saturated carbocycles.